The third kappa shape index (κ3) is 8.92. The fourth-order valence-electron chi connectivity index (χ4n) is 2.34. The molecule has 0 bridgehead atoms. The number of carbonyl (C=O) groups excluding carboxylic acids is 3. The lowest BCUT2D eigenvalue weighted by atomic mass is 10.1. The molecule has 164 valence electrons. The van der Waals surface area contributed by atoms with Crippen LogP contribution in [0.1, 0.15) is 12.0 Å². The summed E-state index contributed by atoms with van der Waals surface area (Å²) in [6.07, 6.45) is -0.556. The quantitative estimate of drug-likeness (QED) is 0.184. The van der Waals surface area contributed by atoms with Gasteiger partial charge in [-0.3, -0.25) is 19.2 Å². The van der Waals surface area contributed by atoms with Crippen LogP contribution in [0.4, 0.5) is 0 Å². The molecule has 30 heavy (non-hydrogen) atoms. The van der Waals surface area contributed by atoms with Gasteiger partial charge in [-0.15, -0.1) is 0 Å². The second-order valence-electron chi connectivity index (χ2n) is 6.31. The number of amides is 3. The number of rotatable bonds is 12. The van der Waals surface area contributed by atoms with Gasteiger partial charge in [0.15, 0.2) is 0 Å². The van der Waals surface area contributed by atoms with E-state index in [1.54, 1.807) is 30.3 Å². The Labute approximate surface area is 177 Å². The molecule has 0 aliphatic rings. The van der Waals surface area contributed by atoms with Crippen LogP contribution < -0.4 is 21.7 Å². The largest absolute Gasteiger partial charge is 0.481 e. The molecule has 0 aliphatic heterocycles. The summed E-state index contributed by atoms with van der Waals surface area (Å²) in [6, 6.07) is 5.00. The molecule has 0 spiro atoms. The summed E-state index contributed by atoms with van der Waals surface area (Å²) in [7, 11) is 0. The Morgan fingerprint density at radius 2 is 1.60 bits per heavy atom. The topological polar surface area (TPSA) is 188 Å². The molecule has 7 N–H and O–H groups in total. The normalized spacial score (nSPS) is 13.4. The highest BCUT2D eigenvalue weighted by atomic mass is 32.1. The highest BCUT2D eigenvalue weighted by molar-refractivity contribution is 7.80. The van der Waals surface area contributed by atoms with Crippen LogP contribution in [0, 0.1) is 0 Å². The smallest absolute Gasteiger partial charge is 0.326 e. The van der Waals surface area contributed by atoms with Crippen molar-refractivity contribution in [1.29, 1.82) is 0 Å². The lowest BCUT2D eigenvalue weighted by Gasteiger charge is -2.19. The Kier molecular flexibility index (Phi) is 10.3. The third-order valence-electron chi connectivity index (χ3n) is 3.89. The van der Waals surface area contributed by atoms with Crippen LogP contribution in [0.3, 0.4) is 0 Å². The molecule has 1 aromatic rings. The number of hydrogen-bond acceptors (Lipinski definition) is 7. The lowest BCUT2D eigenvalue weighted by molar-refractivity contribution is -0.141. The first-order valence-electron chi connectivity index (χ1n) is 8.86. The summed E-state index contributed by atoms with van der Waals surface area (Å²) in [5.74, 6) is -4.99. The zero-order chi connectivity index (χ0) is 22.7. The van der Waals surface area contributed by atoms with E-state index in [1.807, 2.05) is 0 Å². The molecular formula is C18H24N4O7S. The van der Waals surface area contributed by atoms with Gasteiger partial charge in [-0.2, -0.15) is 12.6 Å². The van der Waals surface area contributed by atoms with Crippen molar-refractivity contribution in [3.05, 3.63) is 35.9 Å². The molecule has 3 unspecified atom stereocenters. The first-order valence-corrected chi connectivity index (χ1v) is 9.49. The number of aliphatic carboxylic acids is 2. The van der Waals surface area contributed by atoms with Crippen molar-refractivity contribution in [3.63, 3.8) is 0 Å². The summed E-state index contributed by atoms with van der Waals surface area (Å²) >= 11 is 3.94. The molecule has 11 nitrogen and oxygen atoms in total. The summed E-state index contributed by atoms with van der Waals surface area (Å²) in [5, 5.41) is 24.7. The van der Waals surface area contributed by atoms with Gasteiger partial charge in [0.05, 0.1) is 19.0 Å². The summed E-state index contributed by atoms with van der Waals surface area (Å²) < 4.78 is 0. The molecule has 1 aromatic carbocycles. The molecule has 0 saturated carbocycles. The van der Waals surface area contributed by atoms with Crippen LogP contribution in [-0.4, -0.2) is 70.3 Å². The predicted molar refractivity (Wildman–Crippen MR) is 109 cm³/mol. The first kappa shape index (κ1) is 24.9. The van der Waals surface area contributed by atoms with Crippen molar-refractivity contribution in [2.45, 2.75) is 31.0 Å². The van der Waals surface area contributed by atoms with E-state index < -0.39 is 60.8 Å². The van der Waals surface area contributed by atoms with Gasteiger partial charge < -0.3 is 31.9 Å². The predicted octanol–water partition coefficient (Wildman–Crippen LogP) is -1.87. The van der Waals surface area contributed by atoms with Crippen LogP contribution in [-0.2, 0) is 30.4 Å². The van der Waals surface area contributed by atoms with Gasteiger partial charge in [-0.1, -0.05) is 30.3 Å². The maximum atomic E-state index is 12.1. The van der Waals surface area contributed by atoms with E-state index in [0.717, 1.165) is 0 Å². The zero-order valence-corrected chi connectivity index (χ0v) is 16.8. The summed E-state index contributed by atoms with van der Waals surface area (Å²) in [6.45, 7) is -0.529. The fourth-order valence-corrected chi connectivity index (χ4v) is 2.60. The van der Waals surface area contributed by atoms with Gasteiger partial charge in [0.25, 0.3) is 0 Å². The SMILES string of the molecule is NC(CC(=O)O)C(=O)NC(CS)C(=O)NCC(=O)NC(Cc1ccccc1)C(=O)O. The number of thiol groups is 1. The average Bonchev–Trinajstić information content (AvgIpc) is 2.69. The molecule has 0 radical (unpaired) electrons. The Bertz CT molecular complexity index is 775. The highest BCUT2D eigenvalue weighted by Gasteiger charge is 2.25. The second kappa shape index (κ2) is 12.4. The van der Waals surface area contributed by atoms with Crippen molar-refractivity contribution in [2.24, 2.45) is 5.73 Å². The molecule has 1 rings (SSSR count). The molecule has 12 heteroatoms. The standard InChI is InChI=1S/C18H24N4O7S/c19-11(7-15(24)25)16(26)22-13(9-30)17(27)20-8-14(23)21-12(18(28)29)6-10-4-2-1-3-5-10/h1-5,11-13,30H,6-9,19H2,(H,20,27)(H,21,23)(H,22,26)(H,24,25)(H,28,29). The molecule has 3 atom stereocenters. The molecule has 0 fully saturated rings. The van der Waals surface area contributed by atoms with Crippen LogP contribution in [0.25, 0.3) is 0 Å². The average molecular weight is 440 g/mol. The maximum absolute atomic E-state index is 12.1. The number of carbonyl (C=O) groups is 5. The Morgan fingerprint density at radius 1 is 0.967 bits per heavy atom. The van der Waals surface area contributed by atoms with Gasteiger partial charge in [0.2, 0.25) is 17.7 Å². The molecule has 3 amide bonds. The molecule has 0 saturated heterocycles. The lowest BCUT2D eigenvalue weighted by Crippen LogP contribution is -2.54. The highest BCUT2D eigenvalue weighted by Crippen LogP contribution is 2.03. The Morgan fingerprint density at radius 3 is 2.13 bits per heavy atom. The number of benzene rings is 1. The monoisotopic (exact) mass is 440 g/mol. The van der Waals surface area contributed by atoms with E-state index in [-0.39, 0.29) is 12.2 Å². The first-order chi connectivity index (χ1) is 14.1. The van der Waals surface area contributed by atoms with E-state index in [2.05, 4.69) is 28.6 Å². The molecule has 0 aliphatic carbocycles. The number of carboxylic acids is 2. The van der Waals surface area contributed by atoms with Crippen LogP contribution >= 0.6 is 12.6 Å². The van der Waals surface area contributed by atoms with E-state index in [9.17, 15) is 29.1 Å². The Balaban J connectivity index is 2.55. The fraction of sp³-hybridized carbons (Fsp3) is 0.389. The van der Waals surface area contributed by atoms with E-state index in [1.165, 1.54) is 0 Å². The molecule has 0 aromatic heterocycles. The van der Waals surface area contributed by atoms with Crippen molar-refractivity contribution >= 4 is 42.3 Å². The minimum absolute atomic E-state index is 0.0622. The van der Waals surface area contributed by atoms with Crippen molar-refractivity contribution in [2.75, 3.05) is 12.3 Å². The van der Waals surface area contributed by atoms with Gasteiger partial charge >= 0.3 is 11.9 Å². The molecule has 0 heterocycles. The number of nitrogens with one attached hydrogen (secondary N) is 3. The maximum Gasteiger partial charge on any atom is 0.326 e. The van der Waals surface area contributed by atoms with Gasteiger partial charge in [-0.05, 0) is 5.56 Å². The second-order valence-corrected chi connectivity index (χ2v) is 6.68. The van der Waals surface area contributed by atoms with E-state index in [0.29, 0.717) is 5.56 Å². The van der Waals surface area contributed by atoms with Gasteiger partial charge in [0.1, 0.15) is 12.1 Å². The van der Waals surface area contributed by atoms with Crippen molar-refractivity contribution in [1.82, 2.24) is 16.0 Å². The van der Waals surface area contributed by atoms with Crippen molar-refractivity contribution < 1.29 is 34.2 Å². The van der Waals surface area contributed by atoms with Crippen LogP contribution in [0.15, 0.2) is 30.3 Å². The van der Waals surface area contributed by atoms with Gasteiger partial charge in [-0.25, -0.2) is 4.79 Å². The van der Waals surface area contributed by atoms with Crippen LogP contribution in [0.2, 0.25) is 0 Å². The van der Waals surface area contributed by atoms with Crippen molar-refractivity contribution in [3.8, 4) is 0 Å². The van der Waals surface area contributed by atoms with E-state index in [4.69, 9.17) is 10.8 Å². The number of carboxylic acid groups (broad SMARTS) is 2. The Hall–Kier alpha value is -3.12. The van der Waals surface area contributed by atoms with E-state index >= 15 is 0 Å². The summed E-state index contributed by atoms with van der Waals surface area (Å²) in [4.78, 5) is 58.0. The summed E-state index contributed by atoms with van der Waals surface area (Å²) in [5.41, 5.74) is 6.13. The minimum atomic E-state index is -1.35. The minimum Gasteiger partial charge on any atom is -0.481 e. The zero-order valence-electron chi connectivity index (χ0n) is 15.9. The third-order valence-corrected chi connectivity index (χ3v) is 4.25. The number of nitrogens with two attached hydrogens (primary N) is 1. The number of hydrogen-bond donors (Lipinski definition) is 7. The molecular weight excluding hydrogens is 416 g/mol. The van der Waals surface area contributed by atoms with Crippen LogP contribution in [0.5, 0.6) is 0 Å². The van der Waals surface area contributed by atoms with Gasteiger partial charge in [0, 0.05) is 12.2 Å².